The van der Waals surface area contributed by atoms with Gasteiger partial charge < -0.3 is 25.2 Å². The van der Waals surface area contributed by atoms with Crippen molar-refractivity contribution in [1.29, 1.82) is 0 Å². The van der Waals surface area contributed by atoms with Crippen molar-refractivity contribution >= 4 is 23.9 Å². The number of ether oxygens (including phenoxy) is 1. The molecule has 4 N–H and O–H groups in total. The first-order valence-corrected chi connectivity index (χ1v) is 5.32. The van der Waals surface area contributed by atoms with Crippen LogP contribution >= 0.6 is 0 Å². The predicted octanol–water partition coefficient (Wildman–Crippen LogP) is 0.582. The highest BCUT2D eigenvalue weighted by atomic mass is 16.5. The number of carboxylic acid groups (broad SMARTS) is 3. The minimum absolute atomic E-state index is 0.453. The zero-order chi connectivity index (χ0) is 16.5. The molecule has 0 unspecified atom stereocenters. The van der Waals surface area contributed by atoms with Gasteiger partial charge in [-0.2, -0.15) is 0 Å². The van der Waals surface area contributed by atoms with Crippen LogP contribution in [0, 0.1) is 6.92 Å². The molecule has 0 heterocycles. The third kappa shape index (κ3) is 2.48. The van der Waals surface area contributed by atoms with Crippen molar-refractivity contribution in [3.8, 4) is 5.75 Å². The lowest BCUT2D eigenvalue weighted by Crippen LogP contribution is -2.21. The van der Waals surface area contributed by atoms with E-state index >= 15 is 0 Å². The summed E-state index contributed by atoms with van der Waals surface area (Å²) < 4.78 is 4.30. The van der Waals surface area contributed by atoms with Gasteiger partial charge in [0, 0.05) is 5.56 Å². The number of aromatic hydroxyl groups is 1. The molecule has 0 bridgehead atoms. The second-order valence-corrected chi connectivity index (χ2v) is 3.88. The number of phenols is 1. The van der Waals surface area contributed by atoms with E-state index in [2.05, 4.69) is 4.74 Å². The molecule has 9 nitrogen and oxygen atoms in total. The number of aromatic carboxylic acids is 3. The van der Waals surface area contributed by atoms with Gasteiger partial charge in [-0.25, -0.2) is 19.2 Å². The van der Waals surface area contributed by atoms with Gasteiger partial charge in [0.1, 0.15) is 11.3 Å². The summed E-state index contributed by atoms with van der Waals surface area (Å²) in [5.74, 6) is -7.75. The molecule has 1 aromatic rings. The number of carbonyl (C=O) groups is 4. The maximum atomic E-state index is 11.6. The molecule has 0 aliphatic heterocycles. The Balaban J connectivity index is 4.11. The van der Waals surface area contributed by atoms with E-state index in [1.54, 1.807) is 0 Å². The molecule has 1 aromatic carbocycles. The van der Waals surface area contributed by atoms with Crippen LogP contribution in [0.1, 0.15) is 47.0 Å². The van der Waals surface area contributed by atoms with Crippen molar-refractivity contribution in [3.05, 3.63) is 27.8 Å². The Morgan fingerprint density at radius 2 is 1.19 bits per heavy atom. The van der Waals surface area contributed by atoms with Crippen LogP contribution in [-0.4, -0.2) is 51.4 Å². The average molecular weight is 298 g/mol. The van der Waals surface area contributed by atoms with Gasteiger partial charge in [-0.05, 0) is 6.92 Å². The number of rotatable bonds is 4. The minimum atomic E-state index is -1.88. The van der Waals surface area contributed by atoms with Gasteiger partial charge in [-0.1, -0.05) is 0 Å². The molecular weight excluding hydrogens is 288 g/mol. The topological polar surface area (TPSA) is 158 Å². The molecule has 9 heteroatoms. The van der Waals surface area contributed by atoms with Crippen molar-refractivity contribution in [2.24, 2.45) is 0 Å². The summed E-state index contributed by atoms with van der Waals surface area (Å²) in [6.07, 6.45) is 0. The lowest BCUT2D eigenvalue weighted by molar-refractivity contribution is 0.0571. The summed E-state index contributed by atoms with van der Waals surface area (Å²) in [4.78, 5) is 45.2. The smallest absolute Gasteiger partial charge is 0.342 e. The van der Waals surface area contributed by atoms with Gasteiger partial charge in [-0.3, -0.25) is 0 Å². The monoisotopic (exact) mass is 298 g/mol. The van der Waals surface area contributed by atoms with Crippen LogP contribution in [0.2, 0.25) is 0 Å². The molecule has 0 amide bonds. The molecule has 0 atom stereocenters. The van der Waals surface area contributed by atoms with Crippen LogP contribution in [0.4, 0.5) is 0 Å². The molecule has 0 radical (unpaired) electrons. The summed E-state index contributed by atoms with van der Waals surface area (Å²) in [5, 5.41) is 37.0. The van der Waals surface area contributed by atoms with Crippen LogP contribution in [0.3, 0.4) is 0 Å². The quantitative estimate of drug-likeness (QED) is 0.583. The highest BCUT2D eigenvalue weighted by Gasteiger charge is 2.35. The summed E-state index contributed by atoms with van der Waals surface area (Å²) in [7, 11) is 0.897. The van der Waals surface area contributed by atoms with Crippen LogP contribution < -0.4 is 0 Å². The summed E-state index contributed by atoms with van der Waals surface area (Å²) >= 11 is 0. The maximum Gasteiger partial charge on any atom is 0.342 e. The Kier molecular flexibility index (Phi) is 4.17. The third-order valence-electron chi connectivity index (χ3n) is 2.75. The molecule has 1 rings (SSSR count). The van der Waals surface area contributed by atoms with Crippen LogP contribution in [0.5, 0.6) is 5.75 Å². The van der Waals surface area contributed by atoms with Gasteiger partial charge >= 0.3 is 23.9 Å². The second kappa shape index (κ2) is 5.49. The molecule has 0 aromatic heterocycles. The van der Waals surface area contributed by atoms with E-state index in [1.165, 1.54) is 0 Å². The van der Waals surface area contributed by atoms with E-state index in [4.69, 9.17) is 15.3 Å². The Hall–Kier alpha value is -3.10. The predicted molar refractivity (Wildman–Crippen MR) is 65.1 cm³/mol. The highest BCUT2D eigenvalue weighted by molar-refractivity contribution is 6.16. The highest BCUT2D eigenvalue weighted by Crippen LogP contribution is 2.34. The molecule has 0 aliphatic carbocycles. The number of phenolic OH excluding ortho intramolecular Hbond substituents is 1. The first-order valence-electron chi connectivity index (χ1n) is 5.32. The van der Waals surface area contributed by atoms with Gasteiger partial charge in [0.25, 0.3) is 0 Å². The summed E-state index contributed by atoms with van der Waals surface area (Å²) in [5.41, 5.74) is -4.53. The number of hydrogen-bond acceptors (Lipinski definition) is 6. The Labute approximate surface area is 117 Å². The fourth-order valence-electron chi connectivity index (χ4n) is 1.86. The number of carbonyl (C=O) groups excluding carboxylic acids is 1. The molecule has 0 saturated heterocycles. The Bertz CT molecular complexity index is 672. The zero-order valence-corrected chi connectivity index (χ0v) is 10.8. The summed E-state index contributed by atoms with van der Waals surface area (Å²) in [6.45, 7) is 1.04. The van der Waals surface area contributed by atoms with Crippen molar-refractivity contribution in [2.75, 3.05) is 7.11 Å². The molecule has 0 saturated carbocycles. The minimum Gasteiger partial charge on any atom is -0.507 e. The Morgan fingerprint density at radius 3 is 1.52 bits per heavy atom. The van der Waals surface area contributed by atoms with E-state index < -0.39 is 57.4 Å². The van der Waals surface area contributed by atoms with Crippen molar-refractivity contribution in [2.45, 2.75) is 6.92 Å². The first-order chi connectivity index (χ1) is 9.64. The van der Waals surface area contributed by atoms with Crippen LogP contribution in [-0.2, 0) is 4.74 Å². The molecule has 21 heavy (non-hydrogen) atoms. The zero-order valence-electron chi connectivity index (χ0n) is 10.8. The fraction of sp³-hybridized carbons (Fsp3) is 0.167. The second-order valence-electron chi connectivity index (χ2n) is 3.88. The number of hydrogen-bond donors (Lipinski definition) is 4. The van der Waals surface area contributed by atoms with E-state index in [9.17, 15) is 24.3 Å². The van der Waals surface area contributed by atoms with Crippen molar-refractivity contribution < 1.29 is 44.3 Å². The van der Waals surface area contributed by atoms with E-state index in [0.29, 0.717) is 0 Å². The largest absolute Gasteiger partial charge is 0.507 e. The standard InChI is InChI=1S/C12H10O9/c1-3-4(9(14)15)5(10(16)17)6(11(18)19)7(8(3)13)12(20)21-2/h13H,1-2H3,(H,14,15)(H,16,17)(H,18,19). The van der Waals surface area contributed by atoms with Crippen LogP contribution in [0.25, 0.3) is 0 Å². The summed E-state index contributed by atoms with van der Waals surface area (Å²) in [6, 6.07) is 0. The number of methoxy groups -OCH3 is 1. The SMILES string of the molecule is COC(=O)c1c(O)c(C)c(C(=O)O)c(C(=O)O)c1C(=O)O. The maximum absolute atomic E-state index is 11.6. The first kappa shape index (κ1) is 16.0. The van der Waals surface area contributed by atoms with Gasteiger partial charge in [-0.15, -0.1) is 0 Å². The Morgan fingerprint density at radius 1 is 0.810 bits per heavy atom. The van der Waals surface area contributed by atoms with Gasteiger partial charge in [0.2, 0.25) is 0 Å². The molecule has 0 spiro atoms. The molecule has 0 aliphatic rings. The molecular formula is C12H10O9. The van der Waals surface area contributed by atoms with E-state index in [1.807, 2.05) is 0 Å². The molecule has 112 valence electrons. The van der Waals surface area contributed by atoms with E-state index in [-0.39, 0.29) is 0 Å². The average Bonchev–Trinajstić information content (AvgIpc) is 2.38. The number of benzene rings is 1. The third-order valence-corrected chi connectivity index (χ3v) is 2.75. The lowest BCUT2D eigenvalue weighted by atomic mass is 9.90. The normalized spacial score (nSPS) is 10.0. The van der Waals surface area contributed by atoms with E-state index in [0.717, 1.165) is 14.0 Å². The van der Waals surface area contributed by atoms with Crippen molar-refractivity contribution in [1.82, 2.24) is 0 Å². The van der Waals surface area contributed by atoms with Crippen LogP contribution in [0.15, 0.2) is 0 Å². The number of carboxylic acids is 3. The number of esters is 1. The lowest BCUT2D eigenvalue weighted by Gasteiger charge is -2.15. The van der Waals surface area contributed by atoms with Crippen molar-refractivity contribution in [3.63, 3.8) is 0 Å². The molecule has 0 fully saturated rings. The fourth-order valence-corrected chi connectivity index (χ4v) is 1.86. The van der Waals surface area contributed by atoms with Gasteiger partial charge in [0.15, 0.2) is 0 Å². The van der Waals surface area contributed by atoms with Gasteiger partial charge in [0.05, 0.1) is 23.8 Å².